The van der Waals surface area contributed by atoms with Crippen molar-refractivity contribution in [2.45, 2.75) is 25.1 Å². The van der Waals surface area contributed by atoms with Crippen LogP contribution in [0.3, 0.4) is 0 Å². The summed E-state index contributed by atoms with van der Waals surface area (Å²) >= 11 is 2.05. The van der Waals surface area contributed by atoms with E-state index in [9.17, 15) is 0 Å². The van der Waals surface area contributed by atoms with Crippen LogP contribution in [0, 0.1) is 0 Å². The van der Waals surface area contributed by atoms with E-state index in [1.165, 1.54) is 5.75 Å². The predicted octanol–water partition coefficient (Wildman–Crippen LogP) is 2.60. The van der Waals surface area contributed by atoms with Gasteiger partial charge in [-0.15, -0.1) is 0 Å². The number of benzene rings is 1. The Kier molecular flexibility index (Phi) is 4.07. The van der Waals surface area contributed by atoms with Crippen molar-refractivity contribution in [3.05, 3.63) is 23.8 Å². The van der Waals surface area contributed by atoms with Gasteiger partial charge in [0.05, 0.1) is 7.11 Å². The van der Waals surface area contributed by atoms with E-state index >= 15 is 0 Å². The second-order valence-electron chi connectivity index (χ2n) is 5.38. The molecule has 0 saturated carbocycles. The van der Waals surface area contributed by atoms with E-state index in [0.717, 1.165) is 36.6 Å². The van der Waals surface area contributed by atoms with Crippen LogP contribution in [0.2, 0.25) is 0 Å². The molecule has 100 valence electrons. The lowest BCUT2D eigenvalue weighted by Gasteiger charge is -2.37. The van der Waals surface area contributed by atoms with E-state index in [2.05, 4.69) is 18.7 Å². The number of nitrogens with two attached hydrogens (primary N) is 1. The number of hydrogen-bond donors (Lipinski definition) is 1. The van der Waals surface area contributed by atoms with Crippen LogP contribution in [0.15, 0.2) is 18.2 Å². The fourth-order valence-electron chi connectivity index (χ4n) is 2.34. The summed E-state index contributed by atoms with van der Waals surface area (Å²) in [7, 11) is 1.69. The molecule has 0 unspecified atom stereocenters. The Morgan fingerprint density at radius 3 is 2.89 bits per heavy atom. The van der Waals surface area contributed by atoms with Crippen LogP contribution in [0.4, 0.5) is 5.69 Å². The summed E-state index contributed by atoms with van der Waals surface area (Å²) in [5, 5.41) is 0. The first-order valence-corrected chi connectivity index (χ1v) is 7.27. The standard InChI is InChI=1S/C14H22N2OS/c1-14(2)10-16(6-7-18-14)9-11-8-12(17-3)4-5-13(11)15/h4-5,8H,6-7,9-10,15H2,1-3H3. The third kappa shape index (κ3) is 3.33. The Morgan fingerprint density at radius 1 is 1.44 bits per heavy atom. The first kappa shape index (κ1) is 13.6. The maximum atomic E-state index is 6.04. The van der Waals surface area contributed by atoms with Crippen LogP contribution < -0.4 is 10.5 Å². The molecule has 2 rings (SSSR count). The number of nitrogens with zero attached hydrogens (tertiary/aromatic N) is 1. The molecule has 0 radical (unpaired) electrons. The van der Waals surface area contributed by atoms with Gasteiger partial charge in [-0.3, -0.25) is 4.90 Å². The van der Waals surface area contributed by atoms with Crippen LogP contribution in [-0.2, 0) is 6.54 Å². The molecule has 1 aromatic carbocycles. The van der Waals surface area contributed by atoms with Crippen molar-refractivity contribution in [1.29, 1.82) is 0 Å². The maximum Gasteiger partial charge on any atom is 0.119 e. The number of thioether (sulfide) groups is 1. The molecule has 3 nitrogen and oxygen atoms in total. The number of anilines is 1. The van der Waals surface area contributed by atoms with Crippen molar-refractivity contribution in [2.24, 2.45) is 0 Å². The molecular formula is C14H22N2OS. The van der Waals surface area contributed by atoms with Gasteiger partial charge in [0.2, 0.25) is 0 Å². The molecule has 18 heavy (non-hydrogen) atoms. The van der Waals surface area contributed by atoms with E-state index in [4.69, 9.17) is 10.5 Å². The fourth-order valence-corrected chi connectivity index (χ4v) is 3.51. The van der Waals surface area contributed by atoms with Gasteiger partial charge in [-0.2, -0.15) is 11.8 Å². The molecule has 4 heteroatoms. The van der Waals surface area contributed by atoms with E-state index in [0.29, 0.717) is 4.75 Å². The highest BCUT2D eigenvalue weighted by atomic mass is 32.2. The second kappa shape index (κ2) is 5.41. The Morgan fingerprint density at radius 2 is 2.22 bits per heavy atom. The zero-order chi connectivity index (χ0) is 13.2. The third-order valence-electron chi connectivity index (χ3n) is 3.25. The van der Waals surface area contributed by atoms with Gasteiger partial charge < -0.3 is 10.5 Å². The smallest absolute Gasteiger partial charge is 0.119 e. The Labute approximate surface area is 114 Å². The number of nitrogen functional groups attached to an aromatic ring is 1. The zero-order valence-electron chi connectivity index (χ0n) is 11.4. The first-order valence-electron chi connectivity index (χ1n) is 6.29. The van der Waals surface area contributed by atoms with Gasteiger partial charge in [0.25, 0.3) is 0 Å². The van der Waals surface area contributed by atoms with E-state index in [1.807, 2.05) is 30.0 Å². The van der Waals surface area contributed by atoms with Gasteiger partial charge in [0.15, 0.2) is 0 Å². The third-order valence-corrected chi connectivity index (χ3v) is 4.55. The van der Waals surface area contributed by atoms with Crippen LogP contribution in [-0.4, -0.2) is 35.6 Å². The topological polar surface area (TPSA) is 38.5 Å². The van der Waals surface area contributed by atoms with Crippen molar-refractivity contribution >= 4 is 17.4 Å². The normalized spacial score (nSPS) is 19.7. The summed E-state index contributed by atoms with van der Waals surface area (Å²) in [5.74, 6) is 2.07. The molecule has 1 heterocycles. The molecule has 1 aromatic rings. The largest absolute Gasteiger partial charge is 0.497 e. The van der Waals surface area contributed by atoms with E-state index in [1.54, 1.807) is 7.11 Å². The molecule has 0 spiro atoms. The van der Waals surface area contributed by atoms with Gasteiger partial charge in [0, 0.05) is 35.8 Å². The number of rotatable bonds is 3. The van der Waals surface area contributed by atoms with Gasteiger partial charge in [-0.1, -0.05) is 0 Å². The average molecular weight is 266 g/mol. The minimum absolute atomic E-state index is 0.339. The summed E-state index contributed by atoms with van der Waals surface area (Å²) in [6.45, 7) is 7.75. The Bertz CT molecular complexity index is 420. The summed E-state index contributed by atoms with van der Waals surface area (Å²) in [6, 6.07) is 5.89. The Balaban J connectivity index is 2.09. The lowest BCUT2D eigenvalue weighted by atomic mass is 10.1. The summed E-state index contributed by atoms with van der Waals surface area (Å²) in [4.78, 5) is 2.47. The Hall–Kier alpha value is -0.870. The molecule has 1 aliphatic heterocycles. The molecule has 0 aliphatic carbocycles. The van der Waals surface area contributed by atoms with Crippen molar-refractivity contribution < 1.29 is 4.74 Å². The molecule has 1 saturated heterocycles. The number of methoxy groups -OCH3 is 1. The van der Waals surface area contributed by atoms with Gasteiger partial charge >= 0.3 is 0 Å². The molecule has 0 bridgehead atoms. The summed E-state index contributed by atoms with van der Waals surface area (Å²) < 4.78 is 5.60. The SMILES string of the molecule is COc1ccc(N)c(CN2CCSC(C)(C)C2)c1. The monoisotopic (exact) mass is 266 g/mol. The van der Waals surface area contributed by atoms with Crippen molar-refractivity contribution in [2.75, 3.05) is 31.7 Å². The zero-order valence-corrected chi connectivity index (χ0v) is 12.2. The molecular weight excluding hydrogens is 244 g/mol. The number of hydrogen-bond acceptors (Lipinski definition) is 4. The van der Waals surface area contributed by atoms with Crippen LogP contribution >= 0.6 is 11.8 Å². The molecule has 2 N–H and O–H groups in total. The van der Waals surface area contributed by atoms with E-state index in [-0.39, 0.29) is 0 Å². The van der Waals surface area contributed by atoms with Crippen LogP contribution in [0.5, 0.6) is 5.75 Å². The minimum Gasteiger partial charge on any atom is -0.497 e. The second-order valence-corrected chi connectivity index (χ2v) is 7.19. The lowest BCUT2D eigenvalue weighted by molar-refractivity contribution is 0.252. The first-order chi connectivity index (χ1) is 8.50. The molecule has 0 atom stereocenters. The lowest BCUT2D eigenvalue weighted by Crippen LogP contribution is -2.42. The van der Waals surface area contributed by atoms with Crippen LogP contribution in [0.1, 0.15) is 19.4 Å². The summed E-state index contributed by atoms with van der Waals surface area (Å²) in [5.41, 5.74) is 8.06. The average Bonchev–Trinajstić information content (AvgIpc) is 2.31. The van der Waals surface area contributed by atoms with Crippen LogP contribution in [0.25, 0.3) is 0 Å². The van der Waals surface area contributed by atoms with E-state index < -0.39 is 0 Å². The highest BCUT2D eigenvalue weighted by Crippen LogP contribution is 2.31. The minimum atomic E-state index is 0.339. The molecule has 0 aromatic heterocycles. The van der Waals surface area contributed by atoms with Gasteiger partial charge in [0.1, 0.15) is 5.75 Å². The predicted molar refractivity (Wildman–Crippen MR) is 79.2 cm³/mol. The highest BCUT2D eigenvalue weighted by Gasteiger charge is 2.27. The molecule has 0 amide bonds. The quantitative estimate of drug-likeness (QED) is 0.854. The number of ether oxygens (including phenoxy) is 1. The van der Waals surface area contributed by atoms with Crippen molar-refractivity contribution in [1.82, 2.24) is 4.90 Å². The molecule has 1 aliphatic rings. The van der Waals surface area contributed by atoms with Gasteiger partial charge in [-0.05, 0) is 37.6 Å². The van der Waals surface area contributed by atoms with Crippen molar-refractivity contribution in [3.63, 3.8) is 0 Å². The molecule has 1 fully saturated rings. The van der Waals surface area contributed by atoms with Gasteiger partial charge in [-0.25, -0.2) is 0 Å². The van der Waals surface area contributed by atoms with Crippen molar-refractivity contribution in [3.8, 4) is 5.75 Å². The summed E-state index contributed by atoms with van der Waals surface area (Å²) in [6.07, 6.45) is 0. The maximum absolute atomic E-state index is 6.04. The fraction of sp³-hybridized carbons (Fsp3) is 0.571. The highest BCUT2D eigenvalue weighted by molar-refractivity contribution is 8.00.